The number of nitrogens with two attached hydrogens (primary N) is 2. The van der Waals surface area contributed by atoms with E-state index in [4.69, 9.17) is 11.5 Å². The average molecular weight is 241 g/mol. The van der Waals surface area contributed by atoms with E-state index in [0.717, 1.165) is 11.3 Å². The molecule has 0 aliphatic carbocycles. The van der Waals surface area contributed by atoms with Crippen LogP contribution in [0, 0.1) is 6.92 Å². The number of amides is 1. The number of carbonyl (C=O) groups excluding carboxylic acids is 1. The molecular weight excluding hydrogens is 226 g/mol. The lowest BCUT2D eigenvalue weighted by Crippen LogP contribution is -2.11. The molecule has 0 bridgehead atoms. The fourth-order valence-electron chi connectivity index (χ4n) is 1.70. The summed E-state index contributed by atoms with van der Waals surface area (Å²) in [7, 11) is 0. The van der Waals surface area contributed by atoms with Crippen LogP contribution in [0.15, 0.2) is 42.5 Å². The summed E-state index contributed by atoms with van der Waals surface area (Å²) in [6.45, 7) is 2.01. The van der Waals surface area contributed by atoms with E-state index in [1.807, 2.05) is 31.2 Å². The van der Waals surface area contributed by atoms with Gasteiger partial charge in [-0.15, -0.1) is 0 Å². The standard InChI is InChI=1S/C14H15N3O/c1-9-3-2-4-11(7-9)17-13-8-10(14(16)18)5-6-12(13)15/h2-8,17H,15H2,1H3,(H2,16,18). The molecule has 0 heterocycles. The topological polar surface area (TPSA) is 81.1 Å². The second-order valence-electron chi connectivity index (χ2n) is 4.16. The van der Waals surface area contributed by atoms with Gasteiger partial charge in [0.1, 0.15) is 0 Å². The van der Waals surface area contributed by atoms with Crippen molar-refractivity contribution in [1.82, 2.24) is 0 Å². The Morgan fingerprint density at radius 2 is 1.94 bits per heavy atom. The highest BCUT2D eigenvalue weighted by atomic mass is 16.1. The third-order valence-electron chi connectivity index (χ3n) is 2.63. The van der Waals surface area contributed by atoms with Crippen LogP contribution in [0.3, 0.4) is 0 Å². The normalized spacial score (nSPS) is 10.1. The van der Waals surface area contributed by atoms with Gasteiger partial charge in [0.25, 0.3) is 0 Å². The first kappa shape index (κ1) is 12.0. The molecular formula is C14H15N3O. The average Bonchev–Trinajstić information content (AvgIpc) is 2.31. The molecule has 1 amide bonds. The predicted molar refractivity (Wildman–Crippen MR) is 73.8 cm³/mol. The Labute approximate surface area is 106 Å². The molecule has 0 aliphatic rings. The van der Waals surface area contributed by atoms with Gasteiger partial charge in [0, 0.05) is 11.3 Å². The summed E-state index contributed by atoms with van der Waals surface area (Å²) in [5.74, 6) is -0.470. The Bertz CT molecular complexity index is 593. The van der Waals surface area contributed by atoms with Crippen LogP contribution < -0.4 is 16.8 Å². The van der Waals surface area contributed by atoms with E-state index in [9.17, 15) is 4.79 Å². The number of hydrogen-bond donors (Lipinski definition) is 3. The molecule has 4 nitrogen and oxygen atoms in total. The summed E-state index contributed by atoms with van der Waals surface area (Å²) < 4.78 is 0. The zero-order valence-electron chi connectivity index (χ0n) is 10.1. The van der Waals surface area contributed by atoms with E-state index in [1.165, 1.54) is 0 Å². The highest BCUT2D eigenvalue weighted by Crippen LogP contribution is 2.24. The van der Waals surface area contributed by atoms with Crippen molar-refractivity contribution in [3.8, 4) is 0 Å². The Kier molecular flexibility index (Phi) is 3.19. The van der Waals surface area contributed by atoms with E-state index in [1.54, 1.807) is 18.2 Å². The van der Waals surface area contributed by atoms with Gasteiger partial charge in [-0.05, 0) is 42.8 Å². The van der Waals surface area contributed by atoms with Crippen LogP contribution in [0.4, 0.5) is 17.1 Å². The van der Waals surface area contributed by atoms with Gasteiger partial charge in [0.2, 0.25) is 5.91 Å². The maximum atomic E-state index is 11.1. The van der Waals surface area contributed by atoms with Crippen molar-refractivity contribution < 1.29 is 4.79 Å². The lowest BCUT2D eigenvalue weighted by Gasteiger charge is -2.11. The minimum atomic E-state index is -0.470. The Balaban J connectivity index is 2.33. The van der Waals surface area contributed by atoms with E-state index in [-0.39, 0.29) is 0 Å². The largest absolute Gasteiger partial charge is 0.397 e. The molecule has 0 fully saturated rings. The van der Waals surface area contributed by atoms with Gasteiger partial charge < -0.3 is 16.8 Å². The molecule has 0 spiro atoms. The number of nitrogen functional groups attached to an aromatic ring is 1. The second-order valence-corrected chi connectivity index (χ2v) is 4.16. The van der Waals surface area contributed by atoms with Crippen LogP contribution in [0.25, 0.3) is 0 Å². The molecule has 0 aromatic heterocycles. The van der Waals surface area contributed by atoms with Crippen molar-refractivity contribution in [2.24, 2.45) is 5.73 Å². The predicted octanol–water partition coefficient (Wildman–Crippen LogP) is 2.42. The van der Waals surface area contributed by atoms with Crippen LogP contribution in [-0.4, -0.2) is 5.91 Å². The summed E-state index contributed by atoms with van der Waals surface area (Å²) in [4.78, 5) is 11.1. The third kappa shape index (κ3) is 2.60. The minimum Gasteiger partial charge on any atom is -0.397 e. The number of aryl methyl sites for hydroxylation is 1. The van der Waals surface area contributed by atoms with Gasteiger partial charge in [0.05, 0.1) is 11.4 Å². The van der Waals surface area contributed by atoms with Gasteiger partial charge in [-0.1, -0.05) is 12.1 Å². The molecule has 0 saturated heterocycles. The maximum absolute atomic E-state index is 11.1. The number of hydrogen-bond acceptors (Lipinski definition) is 3. The summed E-state index contributed by atoms with van der Waals surface area (Å²) in [6, 6.07) is 12.8. The molecule has 0 unspecified atom stereocenters. The van der Waals surface area contributed by atoms with Crippen molar-refractivity contribution in [3.05, 3.63) is 53.6 Å². The van der Waals surface area contributed by atoms with Crippen LogP contribution in [0.5, 0.6) is 0 Å². The SMILES string of the molecule is Cc1cccc(Nc2cc(C(N)=O)ccc2N)c1. The molecule has 0 aliphatic heterocycles. The molecule has 2 aromatic rings. The van der Waals surface area contributed by atoms with E-state index >= 15 is 0 Å². The number of carbonyl (C=O) groups is 1. The number of anilines is 3. The number of rotatable bonds is 3. The first-order valence-corrected chi connectivity index (χ1v) is 5.59. The van der Waals surface area contributed by atoms with Gasteiger partial charge in [-0.3, -0.25) is 4.79 Å². The zero-order valence-corrected chi connectivity index (χ0v) is 10.1. The molecule has 2 rings (SSSR count). The van der Waals surface area contributed by atoms with Gasteiger partial charge in [-0.2, -0.15) is 0 Å². The highest BCUT2D eigenvalue weighted by Gasteiger charge is 2.05. The monoisotopic (exact) mass is 241 g/mol. The summed E-state index contributed by atoms with van der Waals surface area (Å²) in [6.07, 6.45) is 0. The summed E-state index contributed by atoms with van der Waals surface area (Å²) >= 11 is 0. The fourth-order valence-corrected chi connectivity index (χ4v) is 1.70. The molecule has 92 valence electrons. The Hall–Kier alpha value is -2.49. The maximum Gasteiger partial charge on any atom is 0.248 e. The van der Waals surface area contributed by atoms with E-state index in [2.05, 4.69) is 5.32 Å². The minimum absolute atomic E-state index is 0.430. The summed E-state index contributed by atoms with van der Waals surface area (Å²) in [5, 5.41) is 3.18. The molecule has 0 radical (unpaired) electrons. The van der Waals surface area contributed by atoms with E-state index < -0.39 is 5.91 Å². The smallest absolute Gasteiger partial charge is 0.248 e. The van der Waals surface area contributed by atoms with Crippen LogP contribution in [0.1, 0.15) is 15.9 Å². The lowest BCUT2D eigenvalue weighted by atomic mass is 10.1. The molecule has 5 N–H and O–H groups in total. The van der Waals surface area contributed by atoms with Crippen molar-refractivity contribution in [2.45, 2.75) is 6.92 Å². The Morgan fingerprint density at radius 1 is 1.17 bits per heavy atom. The van der Waals surface area contributed by atoms with Crippen molar-refractivity contribution in [2.75, 3.05) is 11.1 Å². The van der Waals surface area contributed by atoms with Crippen LogP contribution >= 0.6 is 0 Å². The molecule has 0 saturated carbocycles. The van der Waals surface area contributed by atoms with Crippen molar-refractivity contribution in [1.29, 1.82) is 0 Å². The van der Waals surface area contributed by atoms with Gasteiger partial charge in [-0.25, -0.2) is 0 Å². The van der Waals surface area contributed by atoms with Crippen LogP contribution in [-0.2, 0) is 0 Å². The number of nitrogens with one attached hydrogen (secondary N) is 1. The lowest BCUT2D eigenvalue weighted by molar-refractivity contribution is 0.100. The highest BCUT2D eigenvalue weighted by molar-refractivity contribution is 5.95. The van der Waals surface area contributed by atoms with Gasteiger partial charge >= 0.3 is 0 Å². The number of benzene rings is 2. The first-order valence-electron chi connectivity index (χ1n) is 5.59. The third-order valence-corrected chi connectivity index (χ3v) is 2.63. The fraction of sp³-hybridized carbons (Fsp3) is 0.0714. The van der Waals surface area contributed by atoms with Crippen LogP contribution in [0.2, 0.25) is 0 Å². The summed E-state index contributed by atoms with van der Waals surface area (Å²) in [5.41, 5.74) is 14.8. The molecule has 18 heavy (non-hydrogen) atoms. The number of primary amides is 1. The first-order chi connectivity index (χ1) is 8.56. The second kappa shape index (κ2) is 4.79. The molecule has 2 aromatic carbocycles. The molecule has 0 atom stereocenters. The van der Waals surface area contributed by atoms with Gasteiger partial charge in [0.15, 0.2) is 0 Å². The van der Waals surface area contributed by atoms with Crippen molar-refractivity contribution >= 4 is 23.0 Å². The van der Waals surface area contributed by atoms with E-state index in [0.29, 0.717) is 16.9 Å². The zero-order chi connectivity index (χ0) is 13.1. The Morgan fingerprint density at radius 3 is 2.61 bits per heavy atom. The molecule has 4 heteroatoms. The quantitative estimate of drug-likeness (QED) is 0.722. The van der Waals surface area contributed by atoms with Crippen molar-refractivity contribution in [3.63, 3.8) is 0 Å².